The summed E-state index contributed by atoms with van der Waals surface area (Å²) in [5.41, 5.74) is 0. The Morgan fingerprint density at radius 2 is 1.83 bits per heavy atom. The second-order valence-electron chi connectivity index (χ2n) is 5.62. The molecule has 2 heterocycles. The van der Waals surface area contributed by atoms with Crippen molar-refractivity contribution in [3.63, 3.8) is 0 Å². The molecule has 2 aliphatic heterocycles. The number of rotatable bonds is 5. The summed E-state index contributed by atoms with van der Waals surface area (Å²) < 4.78 is 0. The SMILES string of the molecule is CCNCC1CCN(CC(=O)N2CCCC2)CC1. The fraction of sp³-hybridized carbons (Fsp3) is 0.929. The van der Waals surface area contributed by atoms with Crippen molar-refractivity contribution in [3.8, 4) is 0 Å². The van der Waals surface area contributed by atoms with Gasteiger partial charge in [0.15, 0.2) is 0 Å². The Balaban J connectivity index is 1.65. The standard InChI is InChI=1S/C14H27N3O/c1-2-15-11-13-5-9-16(10-6-13)12-14(18)17-7-3-4-8-17/h13,15H,2-12H2,1H3. The van der Waals surface area contributed by atoms with Crippen molar-refractivity contribution >= 4 is 5.91 Å². The van der Waals surface area contributed by atoms with Gasteiger partial charge in [-0.1, -0.05) is 6.92 Å². The van der Waals surface area contributed by atoms with Crippen molar-refractivity contribution in [3.05, 3.63) is 0 Å². The minimum Gasteiger partial charge on any atom is -0.342 e. The highest BCUT2D eigenvalue weighted by atomic mass is 16.2. The lowest BCUT2D eigenvalue weighted by Gasteiger charge is -2.32. The first-order chi connectivity index (χ1) is 8.79. The minimum absolute atomic E-state index is 0.345. The number of carbonyl (C=O) groups excluding carboxylic acids is 1. The predicted octanol–water partition coefficient (Wildman–Crippen LogP) is 0.930. The molecule has 0 aromatic heterocycles. The number of nitrogens with one attached hydrogen (secondary N) is 1. The summed E-state index contributed by atoms with van der Waals surface area (Å²) in [7, 11) is 0. The van der Waals surface area contributed by atoms with Gasteiger partial charge in [0.2, 0.25) is 5.91 Å². The van der Waals surface area contributed by atoms with Gasteiger partial charge in [0.05, 0.1) is 6.54 Å². The van der Waals surface area contributed by atoms with Gasteiger partial charge in [-0.25, -0.2) is 0 Å². The molecule has 0 unspecified atom stereocenters. The molecule has 0 aromatic rings. The van der Waals surface area contributed by atoms with Crippen molar-refractivity contribution in [2.45, 2.75) is 32.6 Å². The average molecular weight is 253 g/mol. The van der Waals surface area contributed by atoms with Gasteiger partial charge in [0.25, 0.3) is 0 Å². The first-order valence-corrected chi connectivity index (χ1v) is 7.50. The maximum atomic E-state index is 12.0. The molecule has 104 valence electrons. The molecule has 1 N–H and O–H groups in total. The van der Waals surface area contributed by atoms with Gasteiger partial charge in [0.1, 0.15) is 0 Å². The Morgan fingerprint density at radius 3 is 2.44 bits per heavy atom. The topological polar surface area (TPSA) is 35.6 Å². The molecule has 0 spiro atoms. The summed E-state index contributed by atoms with van der Waals surface area (Å²) >= 11 is 0. The summed E-state index contributed by atoms with van der Waals surface area (Å²) in [6, 6.07) is 0. The van der Waals surface area contributed by atoms with E-state index in [1.54, 1.807) is 0 Å². The zero-order valence-electron chi connectivity index (χ0n) is 11.7. The van der Waals surface area contributed by atoms with Crippen molar-refractivity contribution in [1.29, 1.82) is 0 Å². The van der Waals surface area contributed by atoms with Crippen LogP contribution in [-0.4, -0.2) is 61.5 Å². The molecule has 2 aliphatic rings. The van der Waals surface area contributed by atoms with Crippen LogP contribution in [0.3, 0.4) is 0 Å². The first kappa shape index (κ1) is 13.8. The highest BCUT2D eigenvalue weighted by Crippen LogP contribution is 2.17. The molecule has 0 bridgehead atoms. The summed E-state index contributed by atoms with van der Waals surface area (Å²) in [5.74, 6) is 1.15. The monoisotopic (exact) mass is 253 g/mol. The minimum atomic E-state index is 0.345. The lowest BCUT2D eigenvalue weighted by molar-refractivity contribution is -0.131. The number of hydrogen-bond donors (Lipinski definition) is 1. The largest absolute Gasteiger partial charge is 0.342 e. The van der Waals surface area contributed by atoms with Gasteiger partial charge in [0, 0.05) is 13.1 Å². The van der Waals surface area contributed by atoms with E-state index < -0.39 is 0 Å². The number of nitrogens with zero attached hydrogens (tertiary/aromatic N) is 2. The number of carbonyl (C=O) groups is 1. The molecule has 18 heavy (non-hydrogen) atoms. The van der Waals surface area contributed by atoms with E-state index in [9.17, 15) is 4.79 Å². The smallest absolute Gasteiger partial charge is 0.236 e. The molecule has 2 fully saturated rings. The predicted molar refractivity (Wildman–Crippen MR) is 73.5 cm³/mol. The molecule has 1 amide bonds. The zero-order valence-corrected chi connectivity index (χ0v) is 11.7. The van der Waals surface area contributed by atoms with E-state index in [1.807, 2.05) is 4.90 Å². The summed E-state index contributed by atoms with van der Waals surface area (Å²) in [5, 5.41) is 3.42. The zero-order chi connectivity index (χ0) is 12.8. The molecule has 0 aliphatic carbocycles. The van der Waals surface area contributed by atoms with Gasteiger partial charge >= 0.3 is 0 Å². The van der Waals surface area contributed by atoms with Crippen LogP contribution in [0.5, 0.6) is 0 Å². The maximum Gasteiger partial charge on any atom is 0.236 e. The molecule has 4 heteroatoms. The first-order valence-electron chi connectivity index (χ1n) is 7.50. The van der Waals surface area contributed by atoms with Crippen LogP contribution in [0.25, 0.3) is 0 Å². The van der Waals surface area contributed by atoms with Crippen LogP contribution in [0.15, 0.2) is 0 Å². The van der Waals surface area contributed by atoms with Gasteiger partial charge < -0.3 is 10.2 Å². The summed E-state index contributed by atoms with van der Waals surface area (Å²) in [6.07, 6.45) is 4.85. The molecular formula is C14H27N3O. The van der Waals surface area contributed by atoms with E-state index in [0.717, 1.165) is 45.2 Å². The number of hydrogen-bond acceptors (Lipinski definition) is 3. The lowest BCUT2D eigenvalue weighted by atomic mass is 9.97. The third kappa shape index (κ3) is 3.95. The fourth-order valence-corrected chi connectivity index (χ4v) is 2.95. The van der Waals surface area contributed by atoms with Gasteiger partial charge in [-0.05, 0) is 57.8 Å². The third-order valence-electron chi connectivity index (χ3n) is 4.21. The van der Waals surface area contributed by atoms with Crippen LogP contribution in [0.4, 0.5) is 0 Å². The van der Waals surface area contributed by atoms with Crippen LogP contribution in [-0.2, 0) is 4.79 Å². The van der Waals surface area contributed by atoms with E-state index in [-0.39, 0.29) is 0 Å². The van der Waals surface area contributed by atoms with E-state index >= 15 is 0 Å². The van der Waals surface area contributed by atoms with Crippen molar-refractivity contribution < 1.29 is 4.79 Å². The van der Waals surface area contributed by atoms with Crippen LogP contribution in [0.2, 0.25) is 0 Å². The molecule has 2 saturated heterocycles. The highest BCUT2D eigenvalue weighted by Gasteiger charge is 2.23. The van der Waals surface area contributed by atoms with E-state index in [4.69, 9.17) is 0 Å². The van der Waals surface area contributed by atoms with Crippen LogP contribution in [0, 0.1) is 5.92 Å². The number of amides is 1. The van der Waals surface area contributed by atoms with E-state index in [1.165, 1.54) is 25.7 Å². The molecule has 0 aromatic carbocycles. The van der Waals surface area contributed by atoms with E-state index in [2.05, 4.69) is 17.1 Å². The third-order valence-corrected chi connectivity index (χ3v) is 4.21. The molecule has 2 rings (SSSR count). The Hall–Kier alpha value is -0.610. The second kappa shape index (κ2) is 7.10. The van der Waals surface area contributed by atoms with Gasteiger partial charge in [-0.15, -0.1) is 0 Å². The molecule has 0 radical (unpaired) electrons. The van der Waals surface area contributed by atoms with E-state index in [0.29, 0.717) is 12.5 Å². The van der Waals surface area contributed by atoms with Crippen molar-refractivity contribution in [1.82, 2.24) is 15.1 Å². The Bertz CT molecular complexity index is 256. The maximum absolute atomic E-state index is 12.0. The van der Waals surface area contributed by atoms with Crippen molar-refractivity contribution in [2.24, 2.45) is 5.92 Å². The molecular weight excluding hydrogens is 226 g/mol. The quantitative estimate of drug-likeness (QED) is 0.792. The number of likely N-dealkylation sites (tertiary alicyclic amines) is 2. The normalized spacial score (nSPS) is 22.6. The van der Waals surface area contributed by atoms with Gasteiger partial charge in [-0.2, -0.15) is 0 Å². The second-order valence-corrected chi connectivity index (χ2v) is 5.62. The van der Waals surface area contributed by atoms with Crippen molar-refractivity contribution in [2.75, 3.05) is 45.8 Å². The van der Waals surface area contributed by atoms with Gasteiger partial charge in [-0.3, -0.25) is 9.69 Å². The lowest BCUT2D eigenvalue weighted by Crippen LogP contribution is -2.43. The van der Waals surface area contributed by atoms with Crippen LogP contribution >= 0.6 is 0 Å². The summed E-state index contributed by atoms with van der Waals surface area (Å²) in [6.45, 7) is 9.16. The molecule has 0 atom stereocenters. The van der Waals surface area contributed by atoms with Crippen LogP contribution < -0.4 is 5.32 Å². The highest BCUT2D eigenvalue weighted by molar-refractivity contribution is 5.78. The molecule has 0 saturated carbocycles. The fourth-order valence-electron chi connectivity index (χ4n) is 2.95. The van der Waals surface area contributed by atoms with Crippen LogP contribution in [0.1, 0.15) is 32.6 Å². The summed E-state index contributed by atoms with van der Waals surface area (Å²) in [4.78, 5) is 16.4. The Labute approximate surface area is 111 Å². The Kier molecular flexibility index (Phi) is 5.45. The molecule has 4 nitrogen and oxygen atoms in total. The number of piperidine rings is 1. The Morgan fingerprint density at radius 1 is 1.17 bits per heavy atom. The average Bonchev–Trinajstić information content (AvgIpc) is 2.92.